The van der Waals surface area contributed by atoms with Crippen LogP contribution in [0, 0.1) is 11.6 Å². The standard InChI is InChI=1S/C26H33Cl2F2N3O4S/c1-6-23(25(35)31-26(2,3)4)32(16-18-19(27)9-7-10-20(18)28)24(34)11-8-14-33(38(5,36)37)17-12-13-21(29)22(30)15-17/h7,9-10,12-13,15,23H,6,8,11,14,16H2,1-5H3,(H,31,35)/t23-/m1/s1. The summed E-state index contributed by atoms with van der Waals surface area (Å²) in [5, 5.41) is 3.57. The summed E-state index contributed by atoms with van der Waals surface area (Å²) in [7, 11) is -3.86. The van der Waals surface area contributed by atoms with Gasteiger partial charge in [0.2, 0.25) is 21.8 Å². The lowest BCUT2D eigenvalue weighted by molar-refractivity contribution is -0.142. The highest BCUT2D eigenvalue weighted by molar-refractivity contribution is 7.92. The van der Waals surface area contributed by atoms with Crippen molar-refractivity contribution in [1.29, 1.82) is 0 Å². The fourth-order valence-electron chi connectivity index (χ4n) is 3.87. The Labute approximate surface area is 233 Å². The summed E-state index contributed by atoms with van der Waals surface area (Å²) in [6, 6.07) is 6.86. The third-order valence-corrected chi connectivity index (χ3v) is 7.52. The summed E-state index contributed by atoms with van der Waals surface area (Å²) in [4.78, 5) is 28.0. The molecule has 12 heteroatoms. The molecule has 0 saturated heterocycles. The number of rotatable bonds is 11. The van der Waals surface area contributed by atoms with Crippen molar-refractivity contribution in [2.24, 2.45) is 0 Å². The fourth-order valence-corrected chi connectivity index (χ4v) is 5.34. The third kappa shape index (κ3) is 8.81. The number of carbonyl (C=O) groups excluding carboxylic acids is 2. The average Bonchev–Trinajstić information content (AvgIpc) is 2.78. The van der Waals surface area contributed by atoms with E-state index in [1.165, 1.54) is 4.90 Å². The molecule has 0 fully saturated rings. The number of anilines is 1. The molecular formula is C26H33Cl2F2N3O4S. The number of sulfonamides is 1. The number of nitrogens with zero attached hydrogens (tertiary/aromatic N) is 2. The van der Waals surface area contributed by atoms with Gasteiger partial charge in [-0.2, -0.15) is 0 Å². The summed E-state index contributed by atoms with van der Waals surface area (Å²) < 4.78 is 52.8. The van der Waals surface area contributed by atoms with Gasteiger partial charge in [-0.25, -0.2) is 17.2 Å². The molecule has 0 heterocycles. The Morgan fingerprint density at radius 3 is 2.16 bits per heavy atom. The lowest BCUT2D eigenvalue weighted by atomic mass is 10.0. The van der Waals surface area contributed by atoms with Gasteiger partial charge in [0, 0.05) is 46.7 Å². The van der Waals surface area contributed by atoms with E-state index in [1.54, 1.807) is 25.1 Å². The monoisotopic (exact) mass is 591 g/mol. The maximum atomic E-state index is 13.8. The van der Waals surface area contributed by atoms with E-state index >= 15 is 0 Å². The SMILES string of the molecule is CC[C@H](C(=O)NC(C)(C)C)N(Cc1c(Cl)cccc1Cl)C(=O)CCCN(c1ccc(F)c(F)c1)S(C)(=O)=O. The van der Waals surface area contributed by atoms with Gasteiger partial charge in [0.1, 0.15) is 6.04 Å². The lowest BCUT2D eigenvalue weighted by Crippen LogP contribution is -2.53. The molecule has 1 N–H and O–H groups in total. The van der Waals surface area contributed by atoms with Crippen LogP contribution in [0.5, 0.6) is 0 Å². The molecule has 0 bridgehead atoms. The van der Waals surface area contributed by atoms with Crippen molar-refractivity contribution in [2.45, 2.75) is 65.1 Å². The van der Waals surface area contributed by atoms with Crippen molar-refractivity contribution in [3.63, 3.8) is 0 Å². The van der Waals surface area contributed by atoms with E-state index in [0.717, 1.165) is 28.8 Å². The molecule has 0 aliphatic carbocycles. The van der Waals surface area contributed by atoms with Crippen molar-refractivity contribution >= 4 is 50.7 Å². The van der Waals surface area contributed by atoms with Gasteiger partial charge in [0.25, 0.3) is 0 Å². The molecule has 1 atom stereocenters. The number of hydrogen-bond donors (Lipinski definition) is 1. The largest absolute Gasteiger partial charge is 0.350 e. The second-order valence-corrected chi connectivity index (χ2v) is 12.6. The van der Waals surface area contributed by atoms with Crippen LogP contribution in [0.4, 0.5) is 14.5 Å². The second-order valence-electron chi connectivity index (χ2n) is 9.92. The van der Waals surface area contributed by atoms with Crippen LogP contribution >= 0.6 is 23.2 Å². The number of amides is 2. The zero-order valence-corrected chi connectivity index (χ0v) is 24.4. The first-order chi connectivity index (χ1) is 17.5. The van der Waals surface area contributed by atoms with Crippen LogP contribution in [0.2, 0.25) is 10.0 Å². The highest BCUT2D eigenvalue weighted by atomic mass is 35.5. The van der Waals surface area contributed by atoms with Gasteiger partial charge < -0.3 is 10.2 Å². The number of hydrogen-bond acceptors (Lipinski definition) is 4. The molecule has 0 spiro atoms. The summed E-state index contributed by atoms with van der Waals surface area (Å²) in [5.74, 6) is -3.07. The molecule has 0 saturated carbocycles. The number of carbonyl (C=O) groups is 2. The van der Waals surface area contributed by atoms with Gasteiger partial charge in [0.05, 0.1) is 11.9 Å². The minimum atomic E-state index is -3.86. The van der Waals surface area contributed by atoms with Gasteiger partial charge in [0.15, 0.2) is 11.6 Å². The van der Waals surface area contributed by atoms with Gasteiger partial charge in [-0.05, 0) is 57.9 Å². The van der Waals surface area contributed by atoms with Crippen LogP contribution in [-0.4, -0.2) is 49.5 Å². The molecule has 0 radical (unpaired) electrons. The minimum absolute atomic E-state index is 0.0353. The molecule has 2 amide bonds. The van der Waals surface area contributed by atoms with E-state index in [2.05, 4.69) is 5.32 Å². The van der Waals surface area contributed by atoms with Crippen LogP contribution in [0.1, 0.15) is 52.5 Å². The number of benzene rings is 2. The highest BCUT2D eigenvalue weighted by Crippen LogP contribution is 2.28. The van der Waals surface area contributed by atoms with Crippen molar-refractivity contribution in [1.82, 2.24) is 10.2 Å². The van der Waals surface area contributed by atoms with Crippen molar-refractivity contribution in [3.8, 4) is 0 Å². The van der Waals surface area contributed by atoms with E-state index in [4.69, 9.17) is 23.2 Å². The predicted octanol–water partition coefficient (Wildman–Crippen LogP) is 5.54. The Balaban J connectivity index is 2.31. The van der Waals surface area contributed by atoms with Crippen LogP contribution in [-0.2, 0) is 26.2 Å². The predicted molar refractivity (Wildman–Crippen MR) is 147 cm³/mol. The lowest BCUT2D eigenvalue weighted by Gasteiger charge is -2.33. The molecule has 2 aromatic carbocycles. The minimum Gasteiger partial charge on any atom is -0.350 e. The second kappa shape index (κ2) is 13.1. The van der Waals surface area contributed by atoms with Gasteiger partial charge in [-0.15, -0.1) is 0 Å². The van der Waals surface area contributed by atoms with E-state index < -0.39 is 39.1 Å². The first-order valence-corrected chi connectivity index (χ1v) is 14.6. The van der Waals surface area contributed by atoms with E-state index in [0.29, 0.717) is 22.0 Å². The van der Waals surface area contributed by atoms with Crippen LogP contribution in [0.25, 0.3) is 0 Å². The van der Waals surface area contributed by atoms with E-state index in [1.807, 2.05) is 20.8 Å². The Morgan fingerprint density at radius 2 is 1.66 bits per heavy atom. The molecular weight excluding hydrogens is 559 g/mol. The van der Waals surface area contributed by atoms with Crippen LogP contribution < -0.4 is 9.62 Å². The smallest absolute Gasteiger partial charge is 0.243 e. The summed E-state index contributed by atoms with van der Waals surface area (Å²) in [5.41, 5.74) is -0.123. The van der Waals surface area contributed by atoms with Gasteiger partial charge >= 0.3 is 0 Å². The van der Waals surface area contributed by atoms with Gasteiger partial charge in [-0.3, -0.25) is 13.9 Å². The van der Waals surface area contributed by atoms with Crippen molar-refractivity contribution < 1.29 is 26.8 Å². The summed E-state index contributed by atoms with van der Waals surface area (Å²) in [6.45, 7) is 7.05. The highest BCUT2D eigenvalue weighted by Gasteiger charge is 2.31. The first-order valence-electron chi connectivity index (χ1n) is 12.0. The fraction of sp³-hybridized carbons (Fsp3) is 0.462. The normalized spacial score (nSPS) is 12.7. The Bertz CT molecular complexity index is 1250. The van der Waals surface area contributed by atoms with Crippen LogP contribution in [0.15, 0.2) is 36.4 Å². The molecule has 7 nitrogen and oxygen atoms in total. The van der Waals surface area contributed by atoms with Crippen molar-refractivity contribution in [3.05, 3.63) is 63.6 Å². The quantitative estimate of drug-likeness (QED) is 0.371. The maximum Gasteiger partial charge on any atom is 0.243 e. The number of nitrogens with one attached hydrogen (secondary N) is 1. The zero-order valence-electron chi connectivity index (χ0n) is 22.0. The Hall–Kier alpha value is -2.43. The average molecular weight is 593 g/mol. The Morgan fingerprint density at radius 1 is 1.05 bits per heavy atom. The first kappa shape index (κ1) is 31.8. The third-order valence-electron chi connectivity index (χ3n) is 5.62. The summed E-state index contributed by atoms with van der Waals surface area (Å²) >= 11 is 12.7. The molecule has 2 rings (SSSR count). The van der Waals surface area contributed by atoms with Crippen LogP contribution in [0.3, 0.4) is 0 Å². The molecule has 38 heavy (non-hydrogen) atoms. The van der Waals surface area contributed by atoms with E-state index in [9.17, 15) is 26.8 Å². The molecule has 0 unspecified atom stereocenters. The Kier molecular flexibility index (Phi) is 10.9. The van der Waals surface area contributed by atoms with E-state index in [-0.39, 0.29) is 37.5 Å². The molecule has 0 aliphatic heterocycles. The number of halogens is 4. The maximum absolute atomic E-state index is 13.8. The summed E-state index contributed by atoms with van der Waals surface area (Å²) in [6.07, 6.45) is 1.16. The van der Waals surface area contributed by atoms with Gasteiger partial charge in [-0.1, -0.05) is 36.2 Å². The molecule has 0 aromatic heterocycles. The molecule has 0 aliphatic rings. The van der Waals surface area contributed by atoms with Crippen molar-refractivity contribution in [2.75, 3.05) is 17.1 Å². The molecule has 210 valence electrons. The zero-order chi connectivity index (χ0) is 28.8. The molecule has 2 aromatic rings. The topological polar surface area (TPSA) is 86.8 Å².